The van der Waals surface area contributed by atoms with Gasteiger partial charge in [-0.05, 0) is 33.9 Å². The van der Waals surface area contributed by atoms with Crippen molar-refractivity contribution in [2.45, 2.75) is 12.6 Å². The molecule has 3 rings (SSSR count). The molecule has 112 valence electrons. The minimum absolute atomic E-state index is 0.321. The standard InChI is InChI=1S/C16H15N3O2S/c1-21-16(20)15(17-9-14-10-22-19-18-14)13-7-6-11-4-2-3-5-12(11)8-13/h2-8,10,15,17H,9H2,1H3. The van der Waals surface area contributed by atoms with E-state index in [9.17, 15) is 4.79 Å². The van der Waals surface area contributed by atoms with Gasteiger partial charge in [0.2, 0.25) is 0 Å². The lowest BCUT2D eigenvalue weighted by Crippen LogP contribution is -2.29. The third-order valence-corrected chi connectivity index (χ3v) is 3.99. The lowest BCUT2D eigenvalue weighted by Gasteiger charge is -2.16. The fraction of sp³-hybridized carbons (Fsp3) is 0.188. The Bertz CT molecular complexity index is 774. The van der Waals surface area contributed by atoms with E-state index >= 15 is 0 Å². The zero-order valence-corrected chi connectivity index (χ0v) is 12.8. The molecule has 0 saturated heterocycles. The molecule has 0 spiro atoms. The van der Waals surface area contributed by atoms with Crippen molar-refractivity contribution in [2.75, 3.05) is 7.11 Å². The molecule has 0 fully saturated rings. The summed E-state index contributed by atoms with van der Waals surface area (Å²) < 4.78 is 8.73. The molecule has 6 heteroatoms. The molecule has 1 atom stereocenters. The zero-order valence-electron chi connectivity index (χ0n) is 12.0. The van der Waals surface area contributed by atoms with Gasteiger partial charge in [-0.1, -0.05) is 40.9 Å². The molecule has 2 aromatic carbocycles. The lowest BCUT2D eigenvalue weighted by atomic mass is 10.0. The maximum Gasteiger partial charge on any atom is 0.327 e. The van der Waals surface area contributed by atoms with E-state index in [0.717, 1.165) is 22.0 Å². The summed E-state index contributed by atoms with van der Waals surface area (Å²) in [4.78, 5) is 12.1. The van der Waals surface area contributed by atoms with Crippen LogP contribution in [-0.4, -0.2) is 22.7 Å². The molecule has 1 heterocycles. The molecule has 1 unspecified atom stereocenters. The van der Waals surface area contributed by atoms with Crippen molar-refractivity contribution < 1.29 is 9.53 Å². The van der Waals surface area contributed by atoms with Crippen molar-refractivity contribution >= 4 is 28.3 Å². The minimum atomic E-state index is -0.531. The van der Waals surface area contributed by atoms with Crippen LogP contribution < -0.4 is 5.32 Å². The zero-order chi connectivity index (χ0) is 15.4. The first-order chi connectivity index (χ1) is 10.8. The van der Waals surface area contributed by atoms with Gasteiger partial charge in [0.1, 0.15) is 6.04 Å². The number of rotatable bonds is 5. The number of hydrogen-bond acceptors (Lipinski definition) is 6. The molecular weight excluding hydrogens is 298 g/mol. The third-order valence-electron chi connectivity index (χ3n) is 3.44. The van der Waals surface area contributed by atoms with E-state index in [4.69, 9.17) is 4.74 Å². The number of nitrogens with one attached hydrogen (secondary N) is 1. The summed E-state index contributed by atoms with van der Waals surface area (Å²) in [5.74, 6) is -0.321. The van der Waals surface area contributed by atoms with Crippen LogP contribution in [0, 0.1) is 0 Å². The SMILES string of the molecule is COC(=O)C(NCc1csnn1)c1ccc2ccccc2c1. The second-order valence-electron chi connectivity index (χ2n) is 4.84. The second kappa shape index (κ2) is 6.64. The van der Waals surface area contributed by atoms with Crippen LogP contribution in [0.2, 0.25) is 0 Å². The summed E-state index contributed by atoms with van der Waals surface area (Å²) in [5.41, 5.74) is 1.67. The highest BCUT2D eigenvalue weighted by atomic mass is 32.1. The van der Waals surface area contributed by atoms with Gasteiger partial charge in [-0.3, -0.25) is 5.32 Å². The monoisotopic (exact) mass is 313 g/mol. The van der Waals surface area contributed by atoms with Gasteiger partial charge in [0, 0.05) is 11.9 Å². The third kappa shape index (κ3) is 3.13. The van der Waals surface area contributed by atoms with Crippen LogP contribution in [0.5, 0.6) is 0 Å². The lowest BCUT2D eigenvalue weighted by molar-refractivity contribution is -0.143. The molecule has 0 saturated carbocycles. The molecule has 5 nitrogen and oxygen atoms in total. The number of benzene rings is 2. The molecule has 1 N–H and O–H groups in total. The predicted octanol–water partition coefficient (Wildman–Crippen LogP) is 2.70. The average Bonchev–Trinajstić information content (AvgIpc) is 3.08. The van der Waals surface area contributed by atoms with Crippen molar-refractivity contribution in [3.63, 3.8) is 0 Å². The van der Waals surface area contributed by atoms with Crippen LogP contribution in [0.3, 0.4) is 0 Å². The summed E-state index contributed by atoms with van der Waals surface area (Å²) in [5, 5.41) is 11.2. The minimum Gasteiger partial charge on any atom is -0.468 e. The van der Waals surface area contributed by atoms with E-state index in [1.165, 1.54) is 18.6 Å². The largest absolute Gasteiger partial charge is 0.468 e. The number of carbonyl (C=O) groups is 1. The quantitative estimate of drug-likeness (QED) is 0.734. The molecule has 1 aromatic heterocycles. The maximum atomic E-state index is 12.1. The Morgan fingerprint density at radius 3 is 2.82 bits per heavy atom. The molecule has 22 heavy (non-hydrogen) atoms. The van der Waals surface area contributed by atoms with E-state index in [0.29, 0.717) is 6.54 Å². The Morgan fingerprint density at radius 2 is 2.09 bits per heavy atom. The van der Waals surface area contributed by atoms with Crippen LogP contribution in [0.1, 0.15) is 17.3 Å². The summed E-state index contributed by atoms with van der Waals surface area (Å²) in [6.07, 6.45) is 0. The van der Waals surface area contributed by atoms with Gasteiger partial charge in [-0.25, -0.2) is 4.79 Å². The van der Waals surface area contributed by atoms with Gasteiger partial charge in [0.15, 0.2) is 0 Å². The van der Waals surface area contributed by atoms with E-state index in [1.807, 2.05) is 47.8 Å². The average molecular weight is 313 g/mol. The van der Waals surface area contributed by atoms with Crippen LogP contribution >= 0.6 is 11.5 Å². The maximum absolute atomic E-state index is 12.1. The van der Waals surface area contributed by atoms with E-state index in [1.54, 1.807) is 0 Å². The van der Waals surface area contributed by atoms with Gasteiger partial charge in [-0.2, -0.15) is 0 Å². The Kier molecular flexibility index (Phi) is 4.41. The number of esters is 1. The molecule has 0 aliphatic carbocycles. The summed E-state index contributed by atoms with van der Waals surface area (Å²) in [6, 6.07) is 13.5. The van der Waals surface area contributed by atoms with Crippen molar-refractivity contribution in [1.29, 1.82) is 0 Å². The Morgan fingerprint density at radius 1 is 1.27 bits per heavy atom. The van der Waals surface area contributed by atoms with Gasteiger partial charge in [-0.15, -0.1) is 5.10 Å². The van der Waals surface area contributed by atoms with Crippen LogP contribution in [-0.2, 0) is 16.1 Å². The summed E-state index contributed by atoms with van der Waals surface area (Å²) >= 11 is 1.29. The van der Waals surface area contributed by atoms with E-state index in [2.05, 4.69) is 14.9 Å². The molecule has 0 bridgehead atoms. The van der Waals surface area contributed by atoms with E-state index < -0.39 is 6.04 Å². The van der Waals surface area contributed by atoms with Crippen molar-refractivity contribution in [3.8, 4) is 0 Å². The van der Waals surface area contributed by atoms with Crippen molar-refractivity contribution in [3.05, 3.63) is 59.1 Å². The number of nitrogens with zero attached hydrogens (tertiary/aromatic N) is 2. The number of fused-ring (bicyclic) bond motifs is 1. The molecule has 0 aliphatic heterocycles. The molecule has 0 radical (unpaired) electrons. The molecule has 3 aromatic rings. The number of hydrogen-bond donors (Lipinski definition) is 1. The van der Waals surface area contributed by atoms with Crippen molar-refractivity contribution in [1.82, 2.24) is 14.9 Å². The van der Waals surface area contributed by atoms with E-state index in [-0.39, 0.29) is 5.97 Å². The summed E-state index contributed by atoms with van der Waals surface area (Å²) in [6.45, 7) is 0.461. The predicted molar refractivity (Wildman–Crippen MR) is 85.5 cm³/mol. The van der Waals surface area contributed by atoms with Crippen molar-refractivity contribution in [2.24, 2.45) is 0 Å². The first-order valence-electron chi connectivity index (χ1n) is 6.84. The highest BCUT2D eigenvalue weighted by molar-refractivity contribution is 7.03. The van der Waals surface area contributed by atoms with Gasteiger partial charge >= 0.3 is 5.97 Å². The normalized spacial score (nSPS) is 12.2. The fourth-order valence-corrected chi connectivity index (χ4v) is 2.76. The first-order valence-corrected chi connectivity index (χ1v) is 7.67. The fourth-order valence-electron chi connectivity index (χ4n) is 2.31. The summed E-state index contributed by atoms with van der Waals surface area (Å²) in [7, 11) is 1.39. The highest BCUT2D eigenvalue weighted by Gasteiger charge is 2.21. The number of aromatic nitrogens is 2. The molecule has 0 amide bonds. The topological polar surface area (TPSA) is 64.1 Å². The Balaban J connectivity index is 1.87. The Hall–Kier alpha value is -2.31. The smallest absolute Gasteiger partial charge is 0.327 e. The number of methoxy groups -OCH3 is 1. The van der Waals surface area contributed by atoms with Gasteiger partial charge in [0.05, 0.1) is 12.8 Å². The van der Waals surface area contributed by atoms with Gasteiger partial charge in [0.25, 0.3) is 0 Å². The number of carbonyl (C=O) groups excluding carboxylic acids is 1. The highest BCUT2D eigenvalue weighted by Crippen LogP contribution is 2.21. The first kappa shape index (κ1) is 14.6. The van der Waals surface area contributed by atoms with Gasteiger partial charge < -0.3 is 4.74 Å². The Labute approximate surface area is 132 Å². The molecular formula is C16H15N3O2S. The number of ether oxygens (including phenoxy) is 1. The van der Waals surface area contributed by atoms with Crippen LogP contribution in [0.4, 0.5) is 0 Å². The second-order valence-corrected chi connectivity index (χ2v) is 5.45. The van der Waals surface area contributed by atoms with Crippen LogP contribution in [0.25, 0.3) is 10.8 Å². The molecule has 0 aliphatic rings. The van der Waals surface area contributed by atoms with Crippen LogP contribution in [0.15, 0.2) is 47.8 Å².